The predicted octanol–water partition coefficient (Wildman–Crippen LogP) is 6.09. The Morgan fingerprint density at radius 3 is 2.38 bits per heavy atom. The maximum absolute atomic E-state index is 10.7. The molecule has 1 atom stereocenters. The second kappa shape index (κ2) is 12.6. The van der Waals surface area contributed by atoms with Gasteiger partial charge in [0.05, 0.1) is 13.0 Å². The molecule has 0 spiro atoms. The highest BCUT2D eigenvalue weighted by Crippen LogP contribution is 2.32. The van der Waals surface area contributed by atoms with Gasteiger partial charge in [0.1, 0.15) is 5.75 Å². The summed E-state index contributed by atoms with van der Waals surface area (Å²) in [6.45, 7) is 7.24. The first kappa shape index (κ1) is 25.1. The smallest absolute Gasteiger partial charge is 0.306 e. The highest BCUT2D eigenvalue weighted by atomic mass is 32.2. The molecule has 5 nitrogen and oxygen atoms in total. The van der Waals surface area contributed by atoms with Gasteiger partial charge < -0.3 is 9.84 Å². The molecule has 2 aromatic rings. The quantitative estimate of drug-likeness (QED) is 0.436. The van der Waals surface area contributed by atoms with E-state index in [2.05, 4.69) is 47.1 Å². The molecule has 1 aliphatic carbocycles. The Balaban J connectivity index is 1.27. The molecule has 1 saturated carbocycles. The zero-order chi connectivity index (χ0) is 23.8. The predicted molar refractivity (Wildman–Crippen MR) is 138 cm³/mol. The van der Waals surface area contributed by atoms with E-state index in [0.717, 1.165) is 24.0 Å². The number of rotatable bonds is 9. The van der Waals surface area contributed by atoms with Gasteiger partial charge in [0.2, 0.25) is 0 Å². The number of hydrogen-bond acceptors (Lipinski definition) is 5. The maximum atomic E-state index is 10.7. The summed E-state index contributed by atoms with van der Waals surface area (Å²) in [6.07, 6.45) is 8.47. The molecule has 34 heavy (non-hydrogen) atoms. The van der Waals surface area contributed by atoms with E-state index in [1.807, 2.05) is 18.2 Å². The van der Waals surface area contributed by atoms with Crippen LogP contribution in [0.4, 0.5) is 0 Å². The zero-order valence-electron chi connectivity index (χ0n) is 20.3. The Labute approximate surface area is 208 Å². The van der Waals surface area contributed by atoms with Crippen molar-refractivity contribution in [3.05, 3.63) is 54.1 Å². The van der Waals surface area contributed by atoms with Crippen molar-refractivity contribution in [2.24, 2.45) is 0 Å². The fourth-order valence-electron chi connectivity index (χ4n) is 5.16. The number of nitrogens with zero attached hydrogens (tertiary/aromatic N) is 2. The molecule has 1 heterocycles. The van der Waals surface area contributed by atoms with Crippen molar-refractivity contribution in [3.8, 4) is 5.75 Å². The number of hydrogen-bond donors (Lipinski definition) is 1. The SMILES string of the molecule is C[C@@H](c1ccc(Sc2cccc(OCCC(=O)O)c2)cc1)N1CCN(C2CCCCCC2)CC1. The van der Waals surface area contributed by atoms with Crippen molar-refractivity contribution in [2.45, 2.75) is 73.7 Å². The summed E-state index contributed by atoms with van der Waals surface area (Å²) in [7, 11) is 0. The summed E-state index contributed by atoms with van der Waals surface area (Å²) in [5, 5.41) is 8.77. The summed E-state index contributed by atoms with van der Waals surface area (Å²) < 4.78 is 5.56. The van der Waals surface area contributed by atoms with Crippen LogP contribution in [0.1, 0.15) is 63.5 Å². The number of aliphatic carboxylic acids is 1. The fourth-order valence-corrected chi connectivity index (χ4v) is 6.02. The van der Waals surface area contributed by atoms with E-state index in [1.54, 1.807) is 11.8 Å². The van der Waals surface area contributed by atoms with Crippen LogP contribution in [-0.2, 0) is 4.79 Å². The first-order chi connectivity index (χ1) is 16.6. The zero-order valence-corrected chi connectivity index (χ0v) is 21.1. The minimum Gasteiger partial charge on any atom is -0.493 e. The van der Waals surface area contributed by atoms with Crippen LogP contribution in [0.5, 0.6) is 5.75 Å². The fraction of sp³-hybridized carbons (Fsp3) is 0.536. The van der Waals surface area contributed by atoms with Gasteiger partial charge in [-0.2, -0.15) is 0 Å². The average Bonchev–Trinajstić information content (AvgIpc) is 3.14. The third kappa shape index (κ3) is 7.24. The second-order valence-electron chi connectivity index (χ2n) is 9.53. The largest absolute Gasteiger partial charge is 0.493 e. The van der Waals surface area contributed by atoms with E-state index < -0.39 is 5.97 Å². The van der Waals surface area contributed by atoms with E-state index in [4.69, 9.17) is 9.84 Å². The van der Waals surface area contributed by atoms with Crippen molar-refractivity contribution < 1.29 is 14.6 Å². The van der Waals surface area contributed by atoms with E-state index in [-0.39, 0.29) is 13.0 Å². The lowest BCUT2D eigenvalue weighted by molar-refractivity contribution is -0.137. The lowest BCUT2D eigenvalue weighted by atomic mass is 10.0. The van der Waals surface area contributed by atoms with Gasteiger partial charge in [0.15, 0.2) is 0 Å². The standard InChI is InChI=1S/C28H38N2O3S/c1-22(29-16-18-30(19-17-29)24-7-4-2-3-5-8-24)23-11-13-26(14-12-23)34-27-10-6-9-25(21-27)33-20-15-28(31)32/h6,9-14,21-22,24H,2-5,7-8,15-20H2,1H3,(H,31,32)/t22-/m0/s1. The number of carbonyl (C=O) groups is 1. The van der Waals surface area contributed by atoms with Gasteiger partial charge in [0, 0.05) is 48.1 Å². The van der Waals surface area contributed by atoms with Gasteiger partial charge in [-0.3, -0.25) is 14.6 Å². The Bertz CT molecular complexity index is 904. The summed E-state index contributed by atoms with van der Waals surface area (Å²) >= 11 is 1.70. The van der Waals surface area contributed by atoms with Gasteiger partial charge in [0.25, 0.3) is 0 Å². The van der Waals surface area contributed by atoms with Crippen LogP contribution < -0.4 is 4.74 Å². The molecule has 2 fully saturated rings. The summed E-state index contributed by atoms with van der Waals surface area (Å²) in [5.41, 5.74) is 1.37. The van der Waals surface area contributed by atoms with Gasteiger partial charge in [-0.25, -0.2) is 0 Å². The van der Waals surface area contributed by atoms with E-state index in [0.29, 0.717) is 11.8 Å². The topological polar surface area (TPSA) is 53.0 Å². The molecule has 0 aromatic heterocycles. The molecule has 4 rings (SSSR count). The van der Waals surface area contributed by atoms with E-state index in [1.165, 1.54) is 62.1 Å². The molecule has 0 unspecified atom stereocenters. The maximum Gasteiger partial charge on any atom is 0.306 e. The highest BCUT2D eigenvalue weighted by molar-refractivity contribution is 7.99. The van der Waals surface area contributed by atoms with Crippen LogP contribution in [0.2, 0.25) is 0 Å². The number of carboxylic acid groups (broad SMARTS) is 1. The number of ether oxygens (including phenoxy) is 1. The van der Waals surface area contributed by atoms with Crippen molar-refractivity contribution in [2.75, 3.05) is 32.8 Å². The van der Waals surface area contributed by atoms with Gasteiger partial charge in [-0.1, -0.05) is 55.6 Å². The number of carboxylic acids is 1. The average molecular weight is 483 g/mol. The van der Waals surface area contributed by atoms with Crippen LogP contribution >= 0.6 is 11.8 Å². The molecular weight excluding hydrogens is 444 g/mol. The normalized spacial score (nSPS) is 19.4. The first-order valence-electron chi connectivity index (χ1n) is 12.8. The van der Waals surface area contributed by atoms with E-state index in [9.17, 15) is 4.79 Å². The minimum atomic E-state index is -0.846. The third-order valence-corrected chi connectivity index (χ3v) is 8.22. The van der Waals surface area contributed by atoms with Crippen LogP contribution in [0.15, 0.2) is 58.3 Å². The van der Waals surface area contributed by atoms with Gasteiger partial charge in [-0.05, 0) is 55.7 Å². The second-order valence-corrected chi connectivity index (χ2v) is 10.7. The number of benzene rings is 2. The molecule has 6 heteroatoms. The summed E-state index contributed by atoms with van der Waals surface area (Å²) in [6, 6.07) is 18.0. The summed E-state index contributed by atoms with van der Waals surface area (Å²) in [5.74, 6) is -0.138. The molecule has 1 N–H and O–H groups in total. The van der Waals surface area contributed by atoms with E-state index >= 15 is 0 Å². The Kier molecular flexibility index (Phi) is 9.31. The Hall–Kier alpha value is -2.02. The van der Waals surface area contributed by atoms with Gasteiger partial charge in [-0.15, -0.1) is 0 Å². The highest BCUT2D eigenvalue weighted by Gasteiger charge is 2.26. The van der Waals surface area contributed by atoms with Crippen LogP contribution in [-0.4, -0.2) is 59.7 Å². The molecule has 184 valence electrons. The summed E-state index contributed by atoms with van der Waals surface area (Å²) in [4.78, 5) is 18.3. The minimum absolute atomic E-state index is 0.00659. The molecule has 0 radical (unpaired) electrons. The molecule has 1 saturated heterocycles. The van der Waals surface area contributed by atoms with Crippen molar-refractivity contribution in [1.29, 1.82) is 0 Å². The lowest BCUT2D eigenvalue weighted by Gasteiger charge is -2.41. The van der Waals surface area contributed by atoms with Crippen molar-refractivity contribution in [1.82, 2.24) is 9.80 Å². The molecule has 0 amide bonds. The van der Waals surface area contributed by atoms with Crippen LogP contribution in [0.3, 0.4) is 0 Å². The molecule has 2 aliphatic rings. The molecule has 1 aliphatic heterocycles. The lowest BCUT2D eigenvalue weighted by Crippen LogP contribution is -2.50. The van der Waals surface area contributed by atoms with Crippen molar-refractivity contribution >= 4 is 17.7 Å². The molecule has 2 aromatic carbocycles. The van der Waals surface area contributed by atoms with Gasteiger partial charge >= 0.3 is 5.97 Å². The molecule has 0 bridgehead atoms. The monoisotopic (exact) mass is 482 g/mol. The number of piperazine rings is 1. The van der Waals surface area contributed by atoms with Crippen LogP contribution in [0, 0.1) is 0 Å². The molecular formula is C28H38N2O3S. The third-order valence-electron chi connectivity index (χ3n) is 7.23. The Morgan fingerprint density at radius 2 is 1.71 bits per heavy atom. The Morgan fingerprint density at radius 1 is 1.00 bits per heavy atom. The first-order valence-corrected chi connectivity index (χ1v) is 13.6. The van der Waals surface area contributed by atoms with Crippen LogP contribution in [0.25, 0.3) is 0 Å². The van der Waals surface area contributed by atoms with Crippen molar-refractivity contribution in [3.63, 3.8) is 0 Å².